The zero-order valence-corrected chi connectivity index (χ0v) is 17.8. The Morgan fingerprint density at radius 3 is 1.94 bits per heavy atom. The fraction of sp³-hybridized carbons (Fsp3) is 0.318. The van der Waals surface area contributed by atoms with Gasteiger partial charge in [0.1, 0.15) is 11.6 Å². The molecule has 0 aromatic heterocycles. The number of nitrogens with zero attached hydrogens (tertiary/aromatic N) is 2. The van der Waals surface area contributed by atoms with Gasteiger partial charge in [-0.3, -0.25) is 19.4 Å². The van der Waals surface area contributed by atoms with Crippen LogP contribution in [0.25, 0.3) is 0 Å². The summed E-state index contributed by atoms with van der Waals surface area (Å²) in [6.45, 7) is -0.962. The highest BCUT2D eigenvalue weighted by molar-refractivity contribution is 5.78. The fourth-order valence-electron chi connectivity index (χ4n) is 3.10. The lowest BCUT2D eigenvalue weighted by Gasteiger charge is -2.26. The quantitative estimate of drug-likeness (QED) is 0.268. The fourth-order valence-corrected chi connectivity index (χ4v) is 3.10. The van der Waals surface area contributed by atoms with Crippen LogP contribution in [0, 0.1) is 5.82 Å². The van der Waals surface area contributed by atoms with Crippen LogP contribution in [0.15, 0.2) is 48.5 Å². The van der Waals surface area contributed by atoms with Crippen LogP contribution in [0.1, 0.15) is 11.1 Å². The van der Waals surface area contributed by atoms with E-state index in [2.05, 4.69) is 4.74 Å². The Morgan fingerprint density at radius 1 is 0.853 bits per heavy atom. The molecule has 0 spiro atoms. The number of carboxylic acid groups (broad SMARTS) is 2. The molecular weight excluding hydrogens is 464 g/mol. The van der Waals surface area contributed by atoms with Gasteiger partial charge in [-0.05, 0) is 23.8 Å². The van der Waals surface area contributed by atoms with E-state index in [-0.39, 0.29) is 38.3 Å². The third-order valence-electron chi connectivity index (χ3n) is 4.55. The second-order valence-electron chi connectivity index (χ2n) is 7.33. The number of carbonyl (C=O) groups excluding carboxylic acids is 1. The summed E-state index contributed by atoms with van der Waals surface area (Å²) < 4.78 is 55.8. The zero-order valence-electron chi connectivity index (χ0n) is 17.8. The molecule has 2 aromatic carbocycles. The minimum Gasteiger partial charge on any atom is -0.480 e. The van der Waals surface area contributed by atoms with E-state index < -0.39 is 42.2 Å². The number of halogens is 4. The predicted octanol–water partition coefficient (Wildman–Crippen LogP) is 2.77. The minimum atomic E-state index is -5.28. The van der Waals surface area contributed by atoms with E-state index in [1.807, 2.05) is 0 Å². The molecule has 0 aliphatic heterocycles. The number of rotatable bonds is 12. The van der Waals surface area contributed by atoms with Gasteiger partial charge in [-0.2, -0.15) is 13.2 Å². The molecule has 0 fully saturated rings. The normalized spacial score (nSPS) is 11.6. The van der Waals surface area contributed by atoms with Crippen LogP contribution in [-0.4, -0.2) is 70.3 Å². The second kappa shape index (κ2) is 12.1. The van der Waals surface area contributed by atoms with E-state index in [0.29, 0.717) is 0 Å². The van der Waals surface area contributed by atoms with Gasteiger partial charge < -0.3 is 14.9 Å². The van der Waals surface area contributed by atoms with Crippen molar-refractivity contribution in [1.29, 1.82) is 0 Å². The Hall–Kier alpha value is -3.51. The maximum absolute atomic E-state index is 13.8. The Bertz CT molecular complexity index is 1000. The van der Waals surface area contributed by atoms with Crippen LogP contribution in [0.2, 0.25) is 0 Å². The standard InChI is InChI=1S/C22H22F4N2O6/c23-17-6-7-18(34-21(33)22(24,25)26)16(10-17)12-28(14-20(31)32)9-8-27(13-19(29)30)11-15-4-2-1-3-5-15/h1-7,10H,8-9,11-14H2,(H,29,30)(H,31,32). The first-order valence-electron chi connectivity index (χ1n) is 9.93. The molecule has 2 N–H and O–H groups in total. The van der Waals surface area contributed by atoms with Crippen LogP contribution in [0.4, 0.5) is 17.6 Å². The van der Waals surface area contributed by atoms with Crippen LogP contribution in [0.3, 0.4) is 0 Å². The van der Waals surface area contributed by atoms with Gasteiger partial charge in [0.25, 0.3) is 0 Å². The van der Waals surface area contributed by atoms with E-state index in [0.717, 1.165) is 23.8 Å². The van der Waals surface area contributed by atoms with E-state index in [4.69, 9.17) is 0 Å². The number of carbonyl (C=O) groups is 3. The summed E-state index contributed by atoms with van der Waals surface area (Å²) in [4.78, 5) is 36.6. The van der Waals surface area contributed by atoms with Crippen molar-refractivity contribution in [2.75, 3.05) is 26.2 Å². The van der Waals surface area contributed by atoms with Crippen molar-refractivity contribution in [3.8, 4) is 5.75 Å². The largest absolute Gasteiger partial charge is 0.491 e. The predicted molar refractivity (Wildman–Crippen MR) is 110 cm³/mol. The summed E-state index contributed by atoms with van der Waals surface area (Å²) in [5.41, 5.74) is 0.645. The summed E-state index contributed by atoms with van der Waals surface area (Å²) in [6, 6.07) is 11.4. The lowest BCUT2D eigenvalue weighted by atomic mass is 10.1. The highest BCUT2D eigenvalue weighted by Gasteiger charge is 2.41. The first kappa shape index (κ1) is 26.7. The Labute approximate surface area is 192 Å². The lowest BCUT2D eigenvalue weighted by molar-refractivity contribution is -0.189. The molecule has 0 atom stereocenters. The Kier molecular flexibility index (Phi) is 9.51. The molecule has 34 heavy (non-hydrogen) atoms. The number of ether oxygens (including phenoxy) is 1. The van der Waals surface area contributed by atoms with Gasteiger partial charge in [0.2, 0.25) is 0 Å². The molecule has 0 saturated carbocycles. The lowest BCUT2D eigenvalue weighted by Crippen LogP contribution is -2.39. The van der Waals surface area contributed by atoms with Crippen LogP contribution in [0.5, 0.6) is 5.75 Å². The maximum atomic E-state index is 13.8. The first-order chi connectivity index (χ1) is 15.9. The van der Waals surface area contributed by atoms with Crippen LogP contribution < -0.4 is 4.74 Å². The molecule has 2 aromatic rings. The molecule has 8 nitrogen and oxygen atoms in total. The van der Waals surface area contributed by atoms with Gasteiger partial charge >= 0.3 is 24.1 Å². The van der Waals surface area contributed by atoms with Crippen molar-refractivity contribution in [3.63, 3.8) is 0 Å². The number of hydrogen-bond acceptors (Lipinski definition) is 6. The molecule has 2 rings (SSSR count). The average Bonchev–Trinajstić information content (AvgIpc) is 2.73. The number of aliphatic carboxylic acids is 2. The van der Waals surface area contributed by atoms with Crippen LogP contribution >= 0.6 is 0 Å². The smallest absolute Gasteiger partial charge is 0.480 e. The SMILES string of the molecule is O=C(O)CN(CCN(CC(=O)O)Cc1cc(F)ccc1OC(=O)C(F)(F)F)Cc1ccccc1. The van der Waals surface area contributed by atoms with Gasteiger partial charge in [0.15, 0.2) is 0 Å². The van der Waals surface area contributed by atoms with E-state index in [1.165, 1.54) is 4.90 Å². The number of benzene rings is 2. The highest BCUT2D eigenvalue weighted by Crippen LogP contribution is 2.25. The molecule has 0 aliphatic rings. The van der Waals surface area contributed by atoms with E-state index >= 15 is 0 Å². The topological polar surface area (TPSA) is 107 Å². The number of carboxylic acids is 2. The molecule has 0 bridgehead atoms. The van der Waals surface area contributed by atoms with Gasteiger partial charge in [0.05, 0.1) is 13.1 Å². The average molecular weight is 486 g/mol. The summed E-state index contributed by atoms with van der Waals surface area (Å²) in [5, 5.41) is 18.4. The summed E-state index contributed by atoms with van der Waals surface area (Å²) in [6.07, 6.45) is -5.28. The summed E-state index contributed by atoms with van der Waals surface area (Å²) in [5.74, 6) is -6.26. The van der Waals surface area contributed by atoms with Crippen molar-refractivity contribution >= 4 is 17.9 Å². The van der Waals surface area contributed by atoms with Crippen molar-refractivity contribution in [1.82, 2.24) is 9.80 Å². The Morgan fingerprint density at radius 2 is 1.41 bits per heavy atom. The summed E-state index contributed by atoms with van der Waals surface area (Å²) >= 11 is 0. The number of alkyl halides is 3. The van der Waals surface area contributed by atoms with Gasteiger partial charge in [-0.15, -0.1) is 0 Å². The molecule has 0 saturated heterocycles. The van der Waals surface area contributed by atoms with E-state index in [9.17, 15) is 42.2 Å². The molecule has 0 aliphatic carbocycles. The van der Waals surface area contributed by atoms with Crippen molar-refractivity contribution < 1.29 is 46.9 Å². The minimum absolute atomic E-state index is 0.0183. The van der Waals surface area contributed by atoms with Crippen molar-refractivity contribution in [2.24, 2.45) is 0 Å². The molecular formula is C22H22F4N2O6. The maximum Gasteiger partial charge on any atom is 0.491 e. The van der Waals surface area contributed by atoms with Crippen LogP contribution in [-0.2, 0) is 27.5 Å². The van der Waals surface area contributed by atoms with Gasteiger partial charge in [-0.1, -0.05) is 30.3 Å². The third-order valence-corrected chi connectivity index (χ3v) is 4.55. The molecule has 184 valence electrons. The molecule has 0 amide bonds. The first-order valence-corrected chi connectivity index (χ1v) is 9.93. The summed E-state index contributed by atoms with van der Waals surface area (Å²) in [7, 11) is 0. The monoisotopic (exact) mass is 486 g/mol. The second-order valence-corrected chi connectivity index (χ2v) is 7.33. The van der Waals surface area contributed by atoms with Gasteiger partial charge in [0, 0.05) is 31.7 Å². The number of hydrogen-bond donors (Lipinski definition) is 2. The molecule has 0 radical (unpaired) electrons. The molecule has 12 heteroatoms. The molecule has 0 heterocycles. The third kappa shape index (κ3) is 9.16. The van der Waals surface area contributed by atoms with E-state index in [1.54, 1.807) is 35.2 Å². The molecule has 0 unspecified atom stereocenters. The highest BCUT2D eigenvalue weighted by atomic mass is 19.4. The van der Waals surface area contributed by atoms with Crippen molar-refractivity contribution in [2.45, 2.75) is 19.3 Å². The Balaban J connectivity index is 2.18. The van der Waals surface area contributed by atoms with Gasteiger partial charge in [-0.25, -0.2) is 9.18 Å². The zero-order chi connectivity index (χ0) is 25.3. The number of esters is 1. The van der Waals surface area contributed by atoms with Crippen molar-refractivity contribution in [3.05, 3.63) is 65.5 Å².